The monoisotopic (exact) mass is 627 g/mol. The lowest BCUT2D eigenvalue weighted by Crippen LogP contribution is -2.54. The van der Waals surface area contributed by atoms with Crippen LogP contribution in [0, 0.1) is 11.8 Å². The summed E-state index contributed by atoms with van der Waals surface area (Å²) >= 11 is 0. The largest absolute Gasteiger partial charge is 0.445 e. The molecule has 246 valence electrons. The van der Waals surface area contributed by atoms with Crippen LogP contribution in [-0.4, -0.2) is 46.7 Å². The third-order valence-corrected chi connectivity index (χ3v) is 8.48. The maximum Gasteiger partial charge on any atom is 0.408 e. The van der Waals surface area contributed by atoms with Crippen molar-refractivity contribution in [3.63, 3.8) is 0 Å². The van der Waals surface area contributed by atoms with Crippen LogP contribution >= 0.6 is 0 Å². The molecule has 8 heteroatoms. The van der Waals surface area contributed by atoms with E-state index in [0.717, 1.165) is 42.4 Å². The maximum absolute atomic E-state index is 13.9. The van der Waals surface area contributed by atoms with Crippen LogP contribution in [0.25, 0.3) is 0 Å². The maximum atomic E-state index is 13.9. The van der Waals surface area contributed by atoms with Crippen molar-refractivity contribution < 1.29 is 24.2 Å². The van der Waals surface area contributed by atoms with Crippen LogP contribution in [0.5, 0.6) is 0 Å². The molecule has 0 bridgehead atoms. The topological polar surface area (TPSA) is 117 Å². The molecule has 0 heterocycles. The molecule has 0 saturated heterocycles. The minimum Gasteiger partial charge on any atom is -0.445 e. The lowest BCUT2D eigenvalue weighted by Gasteiger charge is -2.36. The number of benzene rings is 3. The Morgan fingerprint density at radius 3 is 1.91 bits per heavy atom. The lowest BCUT2D eigenvalue weighted by molar-refractivity contribution is -0.130. The Kier molecular flexibility index (Phi) is 12.8. The number of rotatable bonds is 13. The summed E-state index contributed by atoms with van der Waals surface area (Å²) in [5, 5.41) is 20.7. The summed E-state index contributed by atoms with van der Waals surface area (Å²) in [5.74, 6) is -0.588. The van der Waals surface area contributed by atoms with Crippen LogP contribution in [0.15, 0.2) is 91.0 Å². The van der Waals surface area contributed by atoms with Gasteiger partial charge in [0.25, 0.3) is 0 Å². The van der Waals surface area contributed by atoms with Crippen molar-refractivity contribution in [1.29, 1.82) is 0 Å². The molecule has 3 aromatic rings. The predicted octanol–water partition coefficient (Wildman–Crippen LogP) is 5.72. The number of ether oxygens (including phenoxy) is 1. The Bertz CT molecular complexity index is 1380. The van der Waals surface area contributed by atoms with Crippen LogP contribution in [0.1, 0.15) is 69.6 Å². The number of amides is 3. The van der Waals surface area contributed by atoms with E-state index in [4.69, 9.17) is 4.74 Å². The van der Waals surface area contributed by atoms with E-state index in [1.807, 2.05) is 112 Å². The number of carbonyl (C=O) groups is 3. The van der Waals surface area contributed by atoms with Gasteiger partial charge in [-0.15, -0.1) is 0 Å². The number of aliphatic hydroxyl groups is 1. The van der Waals surface area contributed by atoms with Gasteiger partial charge in [0.05, 0.1) is 12.1 Å². The zero-order valence-electron chi connectivity index (χ0n) is 27.3. The van der Waals surface area contributed by atoms with E-state index in [-0.39, 0.29) is 36.3 Å². The highest BCUT2D eigenvalue weighted by Crippen LogP contribution is 2.34. The standard InChI is InChI=1S/C38H49N3O5/c1-38(2,3)41-35(43)31-22-14-13-21-30(31)25-34(42)32(23-27-15-7-4-8-16-27)39-36(44)33(24-28-17-9-5-10-18-28)40-37(45)46-26-29-19-11-6-12-20-29/h4-12,15-20,30-34,42H,13-14,21-26H2,1-3H3,(H,39,44)(H,40,45)(H,41,43)/t30?,31?,32?,33-,34?/m0/s1. The lowest BCUT2D eigenvalue weighted by atomic mass is 9.74. The molecule has 46 heavy (non-hydrogen) atoms. The fraction of sp³-hybridized carbons (Fsp3) is 0.447. The van der Waals surface area contributed by atoms with E-state index in [1.54, 1.807) is 0 Å². The molecule has 3 aromatic carbocycles. The number of carbonyl (C=O) groups excluding carboxylic acids is 3. The number of hydrogen-bond acceptors (Lipinski definition) is 5. The molecule has 1 fully saturated rings. The van der Waals surface area contributed by atoms with Crippen LogP contribution in [-0.2, 0) is 33.8 Å². The Morgan fingerprint density at radius 2 is 1.33 bits per heavy atom. The first-order valence-electron chi connectivity index (χ1n) is 16.4. The summed E-state index contributed by atoms with van der Waals surface area (Å²) in [4.78, 5) is 40.1. The van der Waals surface area contributed by atoms with Crippen molar-refractivity contribution in [3.8, 4) is 0 Å². The minimum absolute atomic E-state index is 0.00696. The average Bonchev–Trinajstić information content (AvgIpc) is 3.04. The second-order valence-electron chi connectivity index (χ2n) is 13.4. The Hall–Kier alpha value is -4.17. The van der Waals surface area contributed by atoms with E-state index < -0.39 is 30.2 Å². The Balaban J connectivity index is 1.50. The molecule has 1 aliphatic rings. The van der Waals surface area contributed by atoms with Gasteiger partial charge in [-0.2, -0.15) is 0 Å². The van der Waals surface area contributed by atoms with Crippen molar-refractivity contribution >= 4 is 17.9 Å². The van der Waals surface area contributed by atoms with Gasteiger partial charge >= 0.3 is 6.09 Å². The quantitative estimate of drug-likeness (QED) is 0.193. The van der Waals surface area contributed by atoms with E-state index in [2.05, 4.69) is 16.0 Å². The minimum atomic E-state index is -0.934. The van der Waals surface area contributed by atoms with Crippen LogP contribution in [0.4, 0.5) is 4.79 Å². The SMILES string of the molecule is CC(C)(C)NC(=O)C1CCCCC1CC(O)C(Cc1ccccc1)NC(=O)[C@H](Cc1ccccc1)NC(=O)OCc1ccccc1. The highest BCUT2D eigenvalue weighted by atomic mass is 16.5. The first-order valence-corrected chi connectivity index (χ1v) is 16.4. The zero-order chi connectivity index (χ0) is 32.9. The van der Waals surface area contributed by atoms with E-state index in [1.165, 1.54) is 0 Å². The number of nitrogens with one attached hydrogen (secondary N) is 3. The van der Waals surface area contributed by atoms with E-state index in [9.17, 15) is 19.5 Å². The molecule has 1 saturated carbocycles. The summed E-state index contributed by atoms with van der Waals surface area (Å²) in [6.07, 6.45) is 3.03. The van der Waals surface area contributed by atoms with Gasteiger partial charge < -0.3 is 25.8 Å². The summed E-state index contributed by atoms with van der Waals surface area (Å²) in [7, 11) is 0. The van der Waals surface area contributed by atoms with Gasteiger partial charge in [-0.1, -0.05) is 104 Å². The molecular weight excluding hydrogens is 578 g/mol. The van der Waals surface area contributed by atoms with Crippen molar-refractivity contribution in [2.45, 2.75) is 96.1 Å². The molecule has 8 nitrogen and oxygen atoms in total. The Labute approximate surface area is 273 Å². The van der Waals surface area contributed by atoms with Gasteiger partial charge in [0.15, 0.2) is 0 Å². The molecule has 4 rings (SSSR count). The van der Waals surface area contributed by atoms with Crippen molar-refractivity contribution in [2.24, 2.45) is 11.8 Å². The number of alkyl carbamates (subject to hydrolysis) is 1. The fourth-order valence-corrected chi connectivity index (χ4v) is 6.17. The third kappa shape index (κ3) is 11.3. The van der Waals surface area contributed by atoms with Gasteiger partial charge in [-0.05, 0) is 69.1 Å². The summed E-state index contributed by atoms with van der Waals surface area (Å²) < 4.78 is 5.45. The highest BCUT2D eigenvalue weighted by molar-refractivity contribution is 5.86. The normalized spacial score (nSPS) is 18.4. The molecule has 0 aromatic heterocycles. The molecule has 0 spiro atoms. The van der Waals surface area contributed by atoms with E-state index in [0.29, 0.717) is 12.8 Å². The smallest absolute Gasteiger partial charge is 0.408 e. The second kappa shape index (κ2) is 16.9. The van der Waals surface area contributed by atoms with Crippen LogP contribution in [0.3, 0.4) is 0 Å². The van der Waals surface area contributed by atoms with Gasteiger partial charge in [0.2, 0.25) is 11.8 Å². The fourth-order valence-electron chi connectivity index (χ4n) is 6.17. The van der Waals surface area contributed by atoms with Crippen molar-refractivity contribution in [2.75, 3.05) is 0 Å². The molecule has 0 radical (unpaired) electrons. The predicted molar refractivity (Wildman–Crippen MR) is 180 cm³/mol. The zero-order valence-corrected chi connectivity index (χ0v) is 27.3. The van der Waals surface area contributed by atoms with Gasteiger partial charge in [-0.3, -0.25) is 9.59 Å². The van der Waals surface area contributed by atoms with Gasteiger partial charge in [-0.25, -0.2) is 4.79 Å². The molecule has 4 unspecified atom stereocenters. The number of hydrogen-bond donors (Lipinski definition) is 4. The van der Waals surface area contributed by atoms with Gasteiger partial charge in [0, 0.05) is 17.9 Å². The van der Waals surface area contributed by atoms with Crippen LogP contribution in [0.2, 0.25) is 0 Å². The van der Waals surface area contributed by atoms with Gasteiger partial charge in [0.1, 0.15) is 12.6 Å². The molecule has 5 atom stereocenters. The second-order valence-corrected chi connectivity index (χ2v) is 13.4. The molecule has 0 aliphatic heterocycles. The number of aliphatic hydroxyl groups excluding tert-OH is 1. The van der Waals surface area contributed by atoms with E-state index >= 15 is 0 Å². The summed E-state index contributed by atoms with van der Waals surface area (Å²) in [6.45, 7) is 5.99. The molecule has 1 aliphatic carbocycles. The average molecular weight is 628 g/mol. The molecular formula is C38H49N3O5. The summed E-state index contributed by atoms with van der Waals surface area (Å²) in [6, 6.07) is 27.0. The van der Waals surface area contributed by atoms with Crippen molar-refractivity contribution in [3.05, 3.63) is 108 Å². The summed E-state index contributed by atoms with van der Waals surface area (Å²) in [5.41, 5.74) is 2.34. The highest BCUT2D eigenvalue weighted by Gasteiger charge is 2.36. The van der Waals surface area contributed by atoms with Crippen molar-refractivity contribution in [1.82, 2.24) is 16.0 Å². The third-order valence-electron chi connectivity index (χ3n) is 8.48. The first-order chi connectivity index (χ1) is 22.1. The molecule has 3 amide bonds. The van der Waals surface area contributed by atoms with Crippen LogP contribution < -0.4 is 16.0 Å². The molecule has 4 N–H and O–H groups in total. The Morgan fingerprint density at radius 1 is 0.783 bits per heavy atom. The first kappa shape index (κ1) is 34.7.